The van der Waals surface area contributed by atoms with Crippen LogP contribution in [-0.2, 0) is 16.1 Å². The van der Waals surface area contributed by atoms with Gasteiger partial charge in [-0.15, -0.1) is 11.3 Å². The molecular formula is C19H20ClN3O3S. The van der Waals surface area contributed by atoms with Gasteiger partial charge in [0.05, 0.1) is 12.2 Å². The minimum absolute atomic E-state index is 0.255. The average Bonchev–Trinajstić information content (AvgIpc) is 3.18. The molecule has 27 heavy (non-hydrogen) atoms. The summed E-state index contributed by atoms with van der Waals surface area (Å²) in [5.74, 6) is -0.758. The normalized spacial score (nSPS) is 12.2. The Morgan fingerprint density at radius 3 is 2.59 bits per heavy atom. The Balaban J connectivity index is 1.83. The smallest absolute Gasteiger partial charge is 0.349 e. The topological polar surface area (TPSA) is 64.4 Å². The van der Waals surface area contributed by atoms with Crippen molar-refractivity contribution in [2.75, 3.05) is 14.1 Å². The number of benzene rings is 1. The van der Waals surface area contributed by atoms with Crippen LogP contribution >= 0.6 is 22.9 Å². The van der Waals surface area contributed by atoms with Crippen molar-refractivity contribution in [1.29, 1.82) is 0 Å². The van der Waals surface area contributed by atoms with Crippen LogP contribution in [0.1, 0.15) is 27.9 Å². The second-order valence-corrected chi connectivity index (χ2v) is 7.95. The maximum Gasteiger partial charge on any atom is 0.349 e. The van der Waals surface area contributed by atoms with Gasteiger partial charge < -0.3 is 9.64 Å². The zero-order valence-corrected chi connectivity index (χ0v) is 17.1. The van der Waals surface area contributed by atoms with E-state index in [0.717, 1.165) is 21.5 Å². The first-order valence-electron chi connectivity index (χ1n) is 8.40. The maximum atomic E-state index is 12.4. The van der Waals surface area contributed by atoms with Gasteiger partial charge in [0.2, 0.25) is 0 Å². The number of hydrogen-bond acceptors (Lipinski definition) is 5. The van der Waals surface area contributed by atoms with E-state index in [4.69, 9.17) is 16.3 Å². The van der Waals surface area contributed by atoms with Crippen LogP contribution in [0.5, 0.6) is 0 Å². The van der Waals surface area contributed by atoms with Crippen LogP contribution in [0, 0.1) is 6.92 Å². The summed E-state index contributed by atoms with van der Waals surface area (Å²) < 4.78 is 7.17. The van der Waals surface area contributed by atoms with E-state index in [0.29, 0.717) is 16.4 Å². The molecule has 1 atom stereocenters. The third-order valence-electron chi connectivity index (χ3n) is 4.13. The van der Waals surface area contributed by atoms with E-state index in [-0.39, 0.29) is 5.91 Å². The molecule has 0 fully saturated rings. The first kappa shape index (κ1) is 19.4. The van der Waals surface area contributed by atoms with Gasteiger partial charge in [-0.05, 0) is 37.6 Å². The molecule has 1 amide bonds. The first-order chi connectivity index (χ1) is 12.8. The summed E-state index contributed by atoms with van der Waals surface area (Å²) in [6.07, 6.45) is -0.829. The minimum Gasteiger partial charge on any atom is -0.448 e. The molecule has 0 unspecified atom stereocenters. The molecule has 142 valence electrons. The molecule has 0 aliphatic carbocycles. The molecule has 0 spiro atoms. The number of likely N-dealkylation sites (N-methyl/N-ethyl adjacent to an activating group) is 1. The monoisotopic (exact) mass is 405 g/mol. The average molecular weight is 406 g/mol. The van der Waals surface area contributed by atoms with E-state index in [1.165, 1.54) is 16.2 Å². The number of nitrogens with zero attached hydrogens (tertiary/aromatic N) is 3. The number of thiophene rings is 1. The SMILES string of the molecule is Cc1nn(Cc2ccc(Cl)cc2)c2sc(C(=O)O[C@@H](C)C(=O)N(C)C)cc12. The van der Waals surface area contributed by atoms with Crippen LogP contribution in [0.15, 0.2) is 30.3 Å². The zero-order chi connectivity index (χ0) is 19.7. The number of amides is 1. The van der Waals surface area contributed by atoms with Crippen LogP contribution in [0.3, 0.4) is 0 Å². The summed E-state index contributed by atoms with van der Waals surface area (Å²) in [4.78, 5) is 27.1. The number of halogens is 1. The number of carbonyl (C=O) groups is 2. The molecule has 3 rings (SSSR count). The van der Waals surface area contributed by atoms with Gasteiger partial charge in [0.15, 0.2) is 6.10 Å². The zero-order valence-electron chi connectivity index (χ0n) is 15.5. The predicted molar refractivity (Wildman–Crippen MR) is 106 cm³/mol. The van der Waals surface area contributed by atoms with Crippen molar-refractivity contribution in [2.24, 2.45) is 0 Å². The van der Waals surface area contributed by atoms with Crippen molar-refractivity contribution in [3.63, 3.8) is 0 Å². The van der Waals surface area contributed by atoms with E-state index >= 15 is 0 Å². The third-order valence-corrected chi connectivity index (χ3v) is 5.51. The molecule has 0 saturated heterocycles. The summed E-state index contributed by atoms with van der Waals surface area (Å²) in [5.41, 5.74) is 1.90. The molecule has 0 bridgehead atoms. The number of aromatic nitrogens is 2. The lowest BCUT2D eigenvalue weighted by Gasteiger charge is -2.16. The van der Waals surface area contributed by atoms with Crippen molar-refractivity contribution in [3.05, 3.63) is 51.5 Å². The Labute approximate surface area is 166 Å². The fraction of sp³-hybridized carbons (Fsp3) is 0.316. The number of fused-ring (bicyclic) bond motifs is 1. The molecular weight excluding hydrogens is 386 g/mol. The highest BCUT2D eigenvalue weighted by Crippen LogP contribution is 2.29. The number of hydrogen-bond donors (Lipinski definition) is 0. The van der Waals surface area contributed by atoms with E-state index < -0.39 is 12.1 Å². The van der Waals surface area contributed by atoms with Gasteiger partial charge in [-0.2, -0.15) is 5.10 Å². The molecule has 8 heteroatoms. The third kappa shape index (κ3) is 4.14. The number of rotatable bonds is 5. The fourth-order valence-corrected chi connectivity index (χ4v) is 3.89. The Bertz CT molecular complexity index is 992. The lowest BCUT2D eigenvalue weighted by molar-refractivity contribution is -0.137. The molecule has 0 saturated carbocycles. The van der Waals surface area contributed by atoms with Gasteiger partial charge >= 0.3 is 5.97 Å². The standard InChI is InChI=1S/C19H20ClN3O3S/c1-11-15-9-16(19(25)26-12(2)17(24)22(3)4)27-18(15)23(21-11)10-13-5-7-14(20)8-6-13/h5-9,12H,10H2,1-4H3/t12-/m0/s1. The molecule has 0 radical (unpaired) electrons. The minimum atomic E-state index is -0.829. The summed E-state index contributed by atoms with van der Waals surface area (Å²) in [7, 11) is 3.25. The second-order valence-electron chi connectivity index (χ2n) is 6.48. The lowest BCUT2D eigenvalue weighted by Crippen LogP contribution is -2.34. The van der Waals surface area contributed by atoms with Crippen LogP contribution in [0.4, 0.5) is 0 Å². The highest BCUT2D eigenvalue weighted by Gasteiger charge is 2.23. The van der Waals surface area contributed by atoms with Crippen LogP contribution < -0.4 is 0 Å². The summed E-state index contributed by atoms with van der Waals surface area (Å²) in [5, 5.41) is 6.15. The highest BCUT2D eigenvalue weighted by atomic mass is 35.5. The Morgan fingerprint density at radius 1 is 1.30 bits per heavy atom. The van der Waals surface area contributed by atoms with Gasteiger partial charge in [0, 0.05) is 24.5 Å². The van der Waals surface area contributed by atoms with Crippen molar-refractivity contribution < 1.29 is 14.3 Å². The van der Waals surface area contributed by atoms with E-state index in [2.05, 4.69) is 5.10 Å². The largest absolute Gasteiger partial charge is 0.448 e. The molecule has 6 nitrogen and oxygen atoms in total. The van der Waals surface area contributed by atoms with Gasteiger partial charge in [0.1, 0.15) is 9.71 Å². The second kappa shape index (κ2) is 7.70. The van der Waals surface area contributed by atoms with Crippen LogP contribution in [-0.4, -0.2) is 46.8 Å². The fourth-order valence-electron chi connectivity index (χ4n) is 2.72. The molecule has 0 aliphatic heterocycles. The number of esters is 1. The van der Waals surface area contributed by atoms with Gasteiger partial charge in [-0.1, -0.05) is 23.7 Å². The molecule has 0 N–H and O–H groups in total. The molecule has 2 heterocycles. The van der Waals surface area contributed by atoms with Crippen LogP contribution in [0.25, 0.3) is 10.2 Å². The Morgan fingerprint density at radius 2 is 1.96 bits per heavy atom. The van der Waals surface area contributed by atoms with Crippen molar-refractivity contribution in [2.45, 2.75) is 26.5 Å². The Hall–Kier alpha value is -2.38. The summed E-state index contributed by atoms with van der Waals surface area (Å²) >= 11 is 7.25. The van der Waals surface area contributed by atoms with E-state index in [1.807, 2.05) is 35.9 Å². The molecule has 3 aromatic rings. The van der Waals surface area contributed by atoms with Gasteiger partial charge in [0.25, 0.3) is 5.91 Å². The van der Waals surface area contributed by atoms with Crippen molar-refractivity contribution >= 4 is 45.0 Å². The first-order valence-corrected chi connectivity index (χ1v) is 9.59. The predicted octanol–water partition coefficient (Wildman–Crippen LogP) is 3.74. The van der Waals surface area contributed by atoms with E-state index in [9.17, 15) is 9.59 Å². The molecule has 1 aromatic carbocycles. The number of carbonyl (C=O) groups excluding carboxylic acids is 2. The van der Waals surface area contributed by atoms with Crippen LogP contribution in [0.2, 0.25) is 5.02 Å². The Kier molecular flexibility index (Phi) is 5.53. The number of ether oxygens (including phenoxy) is 1. The molecule has 0 aliphatic rings. The number of aryl methyl sites for hydroxylation is 1. The lowest BCUT2D eigenvalue weighted by atomic mass is 10.2. The van der Waals surface area contributed by atoms with Crippen molar-refractivity contribution in [3.8, 4) is 0 Å². The quantitative estimate of drug-likeness (QED) is 0.606. The summed E-state index contributed by atoms with van der Waals surface area (Å²) in [6.45, 7) is 4.05. The maximum absolute atomic E-state index is 12.4. The highest BCUT2D eigenvalue weighted by molar-refractivity contribution is 7.20. The summed E-state index contributed by atoms with van der Waals surface area (Å²) in [6, 6.07) is 9.34. The van der Waals surface area contributed by atoms with Crippen molar-refractivity contribution in [1.82, 2.24) is 14.7 Å². The van der Waals surface area contributed by atoms with Gasteiger partial charge in [-0.3, -0.25) is 9.48 Å². The van der Waals surface area contributed by atoms with Gasteiger partial charge in [-0.25, -0.2) is 4.79 Å². The van der Waals surface area contributed by atoms with E-state index in [1.54, 1.807) is 27.1 Å². The molecule has 2 aromatic heterocycles.